The molecule has 1 aromatic carbocycles. The second kappa shape index (κ2) is 22.5. The fraction of sp³-hybridized carbons (Fsp3) is 0.548. The minimum Gasteiger partial charge on any atom is -0.391 e. The number of rotatable bonds is 15. The van der Waals surface area contributed by atoms with E-state index in [1.165, 1.54) is 11.8 Å². The molecule has 2 aliphatic rings. The van der Waals surface area contributed by atoms with Gasteiger partial charge in [-0.1, -0.05) is 32.0 Å². The first-order valence-corrected chi connectivity index (χ1v) is 21.3. The van der Waals surface area contributed by atoms with Crippen LogP contribution < -0.4 is 43.4 Å². The number of fused-ring (bicyclic) bond motifs is 2. The minimum absolute atomic E-state index is 0.0347. The highest BCUT2D eigenvalue weighted by molar-refractivity contribution is 5.99. The number of carbonyl (C=O) groups is 6. The number of nitrogens with two attached hydrogens (primary N) is 2. The van der Waals surface area contributed by atoms with Crippen molar-refractivity contribution < 1.29 is 33.9 Å². The number of hydrogen-bond donors (Lipinski definition) is 10. The van der Waals surface area contributed by atoms with Crippen LogP contribution in [-0.2, 0) is 35.2 Å². The lowest BCUT2D eigenvalue weighted by atomic mass is 10.0. The van der Waals surface area contributed by atoms with Crippen molar-refractivity contribution in [3.05, 3.63) is 54.5 Å². The number of nitrogens with one attached hydrogen (secondary N) is 7. The Labute approximate surface area is 360 Å². The van der Waals surface area contributed by atoms with Crippen molar-refractivity contribution in [3.63, 3.8) is 0 Å². The molecule has 12 N–H and O–H groups in total. The van der Waals surface area contributed by atoms with E-state index in [-0.39, 0.29) is 63.5 Å². The first kappa shape index (κ1) is 46.8. The van der Waals surface area contributed by atoms with Gasteiger partial charge in [0, 0.05) is 55.5 Å². The Balaban J connectivity index is 1.53. The van der Waals surface area contributed by atoms with Gasteiger partial charge in [-0.05, 0) is 81.9 Å². The SMILES string of the molecule is CC(C)CC[C@@H]1NC(=O)[C@H]([C@@H](C)O)NC(=O)[C@H]2CCCN2C(=O)[C@H](Cc2c[nH]c3ccccc23)NC(=O)[C@H](CCCNc2ncccn2)NC(=O)[C@@H](CCCN=C(N)N)NC1=O. The van der Waals surface area contributed by atoms with Crippen molar-refractivity contribution in [1.82, 2.24) is 46.4 Å². The number of anilines is 1. The number of para-hydroxylation sites is 1. The van der Waals surface area contributed by atoms with Crippen molar-refractivity contribution in [2.45, 2.75) is 121 Å². The molecule has 2 aromatic heterocycles. The maximum absolute atomic E-state index is 14.7. The summed E-state index contributed by atoms with van der Waals surface area (Å²) in [5, 5.41) is 28.6. The van der Waals surface area contributed by atoms with Crippen molar-refractivity contribution in [3.8, 4) is 0 Å². The molecule has 0 unspecified atom stereocenters. The topological polar surface area (TPSA) is 304 Å². The fourth-order valence-electron chi connectivity index (χ4n) is 7.66. The van der Waals surface area contributed by atoms with E-state index in [0.29, 0.717) is 31.8 Å². The molecule has 0 spiro atoms. The van der Waals surface area contributed by atoms with Gasteiger partial charge in [-0.2, -0.15) is 0 Å². The molecule has 2 aliphatic heterocycles. The highest BCUT2D eigenvalue weighted by atomic mass is 16.3. The zero-order valence-corrected chi connectivity index (χ0v) is 35.6. The monoisotopic (exact) mass is 859 g/mol. The normalized spacial score (nSPS) is 23.6. The summed E-state index contributed by atoms with van der Waals surface area (Å²) in [4.78, 5) is 102. The summed E-state index contributed by atoms with van der Waals surface area (Å²) in [5.41, 5.74) is 12.6. The number of nitrogens with zero attached hydrogens (tertiary/aromatic N) is 4. The minimum atomic E-state index is -1.49. The number of aromatic nitrogens is 3. The van der Waals surface area contributed by atoms with Crippen LogP contribution in [0.25, 0.3) is 10.9 Å². The number of aliphatic imine (C=N–C) groups is 1. The van der Waals surface area contributed by atoms with Gasteiger partial charge in [-0.15, -0.1) is 0 Å². The number of guanidine groups is 1. The van der Waals surface area contributed by atoms with Crippen LogP contribution in [-0.4, -0.2) is 128 Å². The molecule has 336 valence electrons. The lowest BCUT2D eigenvalue weighted by Gasteiger charge is -2.32. The van der Waals surface area contributed by atoms with Crippen LogP contribution in [0.2, 0.25) is 0 Å². The first-order chi connectivity index (χ1) is 29.7. The third kappa shape index (κ3) is 13.1. The van der Waals surface area contributed by atoms with Gasteiger partial charge in [-0.3, -0.25) is 33.8 Å². The molecule has 0 radical (unpaired) electrons. The number of benzene rings is 1. The van der Waals surface area contributed by atoms with E-state index in [2.05, 4.69) is 51.8 Å². The molecule has 2 fully saturated rings. The Kier molecular flexibility index (Phi) is 17.0. The summed E-state index contributed by atoms with van der Waals surface area (Å²) in [6.07, 6.45) is 5.73. The van der Waals surface area contributed by atoms with E-state index in [4.69, 9.17) is 11.5 Å². The average molecular weight is 860 g/mol. The first-order valence-electron chi connectivity index (χ1n) is 21.3. The largest absolute Gasteiger partial charge is 0.391 e. The molecule has 20 nitrogen and oxygen atoms in total. The van der Waals surface area contributed by atoms with Gasteiger partial charge >= 0.3 is 0 Å². The molecule has 4 heterocycles. The third-order valence-corrected chi connectivity index (χ3v) is 11.0. The van der Waals surface area contributed by atoms with Gasteiger partial charge in [0.05, 0.1) is 6.10 Å². The number of aliphatic hydroxyl groups excluding tert-OH is 1. The van der Waals surface area contributed by atoms with Crippen molar-refractivity contribution in [2.24, 2.45) is 22.4 Å². The van der Waals surface area contributed by atoms with Crippen molar-refractivity contribution in [1.29, 1.82) is 0 Å². The van der Waals surface area contributed by atoms with Crippen LogP contribution in [0.15, 0.2) is 53.9 Å². The van der Waals surface area contributed by atoms with Crippen LogP contribution in [0, 0.1) is 5.92 Å². The number of aromatic amines is 1. The van der Waals surface area contributed by atoms with Crippen LogP contribution in [0.4, 0.5) is 5.95 Å². The second-order valence-electron chi connectivity index (χ2n) is 16.3. The van der Waals surface area contributed by atoms with E-state index < -0.39 is 77.8 Å². The zero-order valence-electron chi connectivity index (χ0n) is 35.6. The molecule has 6 amide bonds. The second-order valence-corrected chi connectivity index (χ2v) is 16.3. The molecule has 0 saturated carbocycles. The standard InChI is InChI=1S/C42H61N13O7/c1-24(2)15-16-31-37(59)51-29(12-6-17-45-41(43)44)35(57)50-30(13-7-18-46-42-47-19-9-20-48-42)36(58)53-32(22-26-23-49-28-11-5-4-10-27(26)28)40(62)55-21-8-14-33(55)38(60)54-34(25(3)56)39(61)52-31/h4-5,9-11,19-20,23-25,29-34,49,56H,6-8,12-18,21-22H2,1-3H3,(H,50,57)(H,51,59)(H,52,61)(H,53,58)(H,54,60)(H4,43,44,45)(H,46,47,48)/t25-,29-,30+,31+,32+,33-,34+/m1/s1. The summed E-state index contributed by atoms with van der Waals surface area (Å²) in [6, 6.07) is 1.88. The molecule has 0 bridgehead atoms. The van der Waals surface area contributed by atoms with Crippen molar-refractivity contribution >= 4 is 58.3 Å². The molecule has 7 atom stereocenters. The number of aliphatic hydroxyl groups is 1. The van der Waals surface area contributed by atoms with E-state index in [1.54, 1.807) is 24.7 Å². The maximum Gasteiger partial charge on any atom is 0.246 e. The van der Waals surface area contributed by atoms with Crippen LogP contribution >= 0.6 is 0 Å². The Morgan fingerprint density at radius 3 is 2.11 bits per heavy atom. The Morgan fingerprint density at radius 1 is 0.823 bits per heavy atom. The summed E-state index contributed by atoms with van der Waals surface area (Å²) < 4.78 is 0. The average Bonchev–Trinajstić information content (AvgIpc) is 3.90. The molecule has 20 heteroatoms. The summed E-state index contributed by atoms with van der Waals surface area (Å²) in [6.45, 7) is 5.89. The number of hydrogen-bond acceptors (Lipinski definition) is 11. The van der Waals surface area contributed by atoms with Crippen molar-refractivity contribution in [2.75, 3.05) is 25.0 Å². The van der Waals surface area contributed by atoms with Crippen LogP contribution in [0.1, 0.15) is 77.7 Å². The number of carbonyl (C=O) groups excluding carboxylic acids is 6. The smallest absolute Gasteiger partial charge is 0.246 e. The predicted octanol–water partition coefficient (Wildman–Crippen LogP) is -0.308. The highest BCUT2D eigenvalue weighted by Crippen LogP contribution is 2.24. The lowest BCUT2D eigenvalue weighted by molar-refractivity contribution is -0.143. The van der Waals surface area contributed by atoms with E-state index in [9.17, 15) is 33.9 Å². The predicted molar refractivity (Wildman–Crippen MR) is 232 cm³/mol. The number of amides is 6. The summed E-state index contributed by atoms with van der Waals surface area (Å²) in [5.74, 6) is -3.69. The Bertz CT molecular complexity index is 2040. The molecule has 3 aromatic rings. The quantitative estimate of drug-likeness (QED) is 0.0535. The zero-order chi connectivity index (χ0) is 44.8. The Morgan fingerprint density at radius 2 is 1.45 bits per heavy atom. The maximum atomic E-state index is 14.7. The lowest BCUT2D eigenvalue weighted by Crippen LogP contribution is -2.62. The highest BCUT2D eigenvalue weighted by Gasteiger charge is 2.41. The molecule has 0 aliphatic carbocycles. The van der Waals surface area contributed by atoms with E-state index in [0.717, 1.165) is 16.5 Å². The van der Waals surface area contributed by atoms with Crippen LogP contribution in [0.3, 0.4) is 0 Å². The van der Waals surface area contributed by atoms with Gasteiger partial charge in [0.1, 0.15) is 36.3 Å². The van der Waals surface area contributed by atoms with Crippen LogP contribution in [0.5, 0.6) is 0 Å². The third-order valence-electron chi connectivity index (χ3n) is 11.0. The molecule has 5 rings (SSSR count). The van der Waals surface area contributed by atoms with Gasteiger partial charge in [0.2, 0.25) is 41.4 Å². The van der Waals surface area contributed by atoms with Gasteiger partial charge in [0.25, 0.3) is 0 Å². The summed E-state index contributed by atoms with van der Waals surface area (Å²) in [7, 11) is 0. The number of H-pyrrole nitrogens is 1. The molecular formula is C42H61N13O7. The Hall–Kier alpha value is -6.31. The van der Waals surface area contributed by atoms with Gasteiger partial charge < -0.3 is 58.4 Å². The molecule has 2 saturated heterocycles. The fourth-order valence-corrected chi connectivity index (χ4v) is 7.66. The molecule has 62 heavy (non-hydrogen) atoms. The van der Waals surface area contributed by atoms with E-state index >= 15 is 0 Å². The van der Waals surface area contributed by atoms with Gasteiger partial charge in [0.15, 0.2) is 5.96 Å². The van der Waals surface area contributed by atoms with Gasteiger partial charge in [-0.25, -0.2) is 9.97 Å². The van der Waals surface area contributed by atoms with E-state index in [1.807, 2.05) is 38.1 Å². The molecular weight excluding hydrogens is 799 g/mol. The summed E-state index contributed by atoms with van der Waals surface area (Å²) >= 11 is 0.